The van der Waals surface area contributed by atoms with Crippen molar-refractivity contribution in [2.75, 3.05) is 6.61 Å². The van der Waals surface area contributed by atoms with E-state index in [0.717, 1.165) is 24.3 Å². The third kappa shape index (κ3) is 4.70. The normalized spacial score (nSPS) is 13.6. The van der Waals surface area contributed by atoms with Crippen LogP contribution in [0.15, 0.2) is 24.3 Å². The monoisotopic (exact) mass is 295 g/mol. The Kier molecular flexibility index (Phi) is 4.66. The number of halogens is 1. The molecule has 0 aliphatic rings. The van der Waals surface area contributed by atoms with Gasteiger partial charge in [0.05, 0.1) is 4.92 Å². The second-order valence-electron chi connectivity index (χ2n) is 2.94. The Morgan fingerprint density at radius 2 is 2.00 bits per heavy atom. The van der Waals surface area contributed by atoms with E-state index in [2.05, 4.69) is 4.52 Å². The molecule has 0 fully saturated rings. The first-order valence-corrected chi connectivity index (χ1v) is 6.85. The molecule has 0 aliphatic carbocycles. The Morgan fingerprint density at radius 3 is 2.44 bits per heavy atom. The van der Waals surface area contributed by atoms with Gasteiger partial charge in [0.15, 0.2) is 6.61 Å². The van der Waals surface area contributed by atoms with Crippen LogP contribution >= 0.6 is 18.2 Å². The maximum Gasteiger partial charge on any atom is 0.477 e. The van der Waals surface area contributed by atoms with Crippen LogP contribution in [0.2, 0.25) is 0 Å². The van der Waals surface area contributed by atoms with Gasteiger partial charge in [-0.25, -0.2) is 9.36 Å². The molecule has 1 aromatic rings. The summed E-state index contributed by atoms with van der Waals surface area (Å²) in [5.74, 6) is -1.40. The lowest BCUT2D eigenvalue weighted by atomic mass is 10.3. The Balaban J connectivity index is 2.69. The molecule has 1 N–H and O–H groups in total. The molecule has 98 valence electrons. The van der Waals surface area contributed by atoms with Crippen LogP contribution in [0.1, 0.15) is 0 Å². The highest BCUT2D eigenvalue weighted by Gasteiger charge is 2.24. The van der Waals surface area contributed by atoms with Gasteiger partial charge < -0.3 is 9.63 Å². The highest BCUT2D eigenvalue weighted by molar-refractivity contribution is 7.81. The first kappa shape index (κ1) is 14.4. The summed E-state index contributed by atoms with van der Waals surface area (Å²) in [7, 11) is 0. The van der Waals surface area contributed by atoms with E-state index in [-0.39, 0.29) is 11.4 Å². The molecule has 0 saturated carbocycles. The molecule has 1 aromatic carbocycles. The van der Waals surface area contributed by atoms with E-state index in [4.69, 9.17) is 20.9 Å². The largest absolute Gasteiger partial charge is 0.480 e. The molecule has 0 amide bonds. The number of carboxylic acid groups (broad SMARTS) is 1. The molecule has 0 radical (unpaired) electrons. The zero-order valence-corrected chi connectivity index (χ0v) is 10.3. The lowest BCUT2D eigenvalue weighted by Gasteiger charge is -2.11. The molecule has 1 unspecified atom stereocenters. The number of rotatable bonds is 6. The van der Waals surface area contributed by atoms with Gasteiger partial charge in [-0.15, -0.1) is 0 Å². The van der Waals surface area contributed by atoms with Gasteiger partial charge in [0, 0.05) is 23.4 Å². The van der Waals surface area contributed by atoms with Crippen LogP contribution in [0.5, 0.6) is 5.75 Å². The van der Waals surface area contributed by atoms with E-state index in [1.807, 2.05) is 0 Å². The fourth-order valence-electron chi connectivity index (χ4n) is 0.913. The summed E-state index contributed by atoms with van der Waals surface area (Å²) in [4.78, 5) is 19.9. The maximum absolute atomic E-state index is 11.4. The predicted octanol–water partition coefficient (Wildman–Crippen LogP) is 2.42. The topological polar surface area (TPSA) is 116 Å². The fraction of sp³-hybridized carbons (Fsp3) is 0.125. The van der Waals surface area contributed by atoms with Crippen molar-refractivity contribution in [1.29, 1.82) is 0 Å². The number of carbonyl (C=O) groups is 1. The van der Waals surface area contributed by atoms with Crippen LogP contribution in [-0.4, -0.2) is 22.6 Å². The fourth-order valence-corrected chi connectivity index (χ4v) is 1.99. The van der Waals surface area contributed by atoms with E-state index in [1.54, 1.807) is 0 Å². The lowest BCUT2D eigenvalue weighted by molar-refractivity contribution is -0.384. The Bertz CT molecular complexity index is 503. The van der Waals surface area contributed by atoms with Crippen molar-refractivity contribution in [2.45, 2.75) is 0 Å². The van der Waals surface area contributed by atoms with Gasteiger partial charge >= 0.3 is 12.9 Å². The number of non-ortho nitro benzene ring substituents is 1. The second kappa shape index (κ2) is 5.81. The molecule has 0 aliphatic heterocycles. The number of nitrogens with zero attached hydrogens (tertiary/aromatic N) is 1. The summed E-state index contributed by atoms with van der Waals surface area (Å²) >= 11 is 5.33. The third-order valence-electron chi connectivity index (χ3n) is 1.60. The minimum absolute atomic E-state index is 0.0377. The van der Waals surface area contributed by atoms with Gasteiger partial charge in [-0.1, -0.05) is 0 Å². The summed E-state index contributed by atoms with van der Waals surface area (Å²) in [5.41, 5.74) is -0.182. The molecule has 0 saturated heterocycles. The molecular weight excluding hydrogens is 289 g/mol. The highest BCUT2D eigenvalue weighted by atomic mass is 35.7. The molecule has 0 bridgehead atoms. The molecule has 0 aromatic heterocycles. The number of hydrogen-bond donors (Lipinski definition) is 1. The number of aliphatic carboxylic acids is 1. The smallest absolute Gasteiger partial charge is 0.477 e. The first-order valence-electron chi connectivity index (χ1n) is 4.40. The van der Waals surface area contributed by atoms with E-state index in [1.165, 1.54) is 0 Å². The summed E-state index contributed by atoms with van der Waals surface area (Å²) in [6.45, 7) is -4.97. The van der Waals surface area contributed by atoms with Crippen molar-refractivity contribution in [2.24, 2.45) is 0 Å². The number of benzene rings is 1. The Labute approximate surface area is 106 Å². The summed E-state index contributed by atoms with van der Waals surface area (Å²) < 4.78 is 20.5. The Hall–Kier alpha value is -1.63. The first-order chi connectivity index (χ1) is 8.30. The molecule has 1 atom stereocenters. The van der Waals surface area contributed by atoms with E-state index < -0.39 is 24.4 Å². The molecule has 1 rings (SSSR count). The quantitative estimate of drug-likeness (QED) is 0.486. The van der Waals surface area contributed by atoms with Crippen LogP contribution < -0.4 is 4.52 Å². The standard InChI is InChI=1S/C8H7ClNO7P/c9-18(15,16-5-8(11)12)17-7-3-1-6(2-4-7)10(13)14/h1-4H,5H2,(H,11,12). The second-order valence-corrected chi connectivity index (χ2v) is 5.48. The Morgan fingerprint density at radius 1 is 1.44 bits per heavy atom. The van der Waals surface area contributed by atoms with Crippen molar-refractivity contribution >= 4 is 29.8 Å². The van der Waals surface area contributed by atoms with E-state index >= 15 is 0 Å². The SMILES string of the molecule is O=C(O)COP(=O)(Cl)Oc1ccc([N+](=O)[O-])cc1. The molecular formula is C8H7ClNO7P. The molecule has 10 heteroatoms. The average molecular weight is 296 g/mol. The zero-order valence-electron chi connectivity index (χ0n) is 8.69. The minimum Gasteiger partial charge on any atom is -0.480 e. The number of carboxylic acids is 1. The molecule has 8 nitrogen and oxygen atoms in total. The maximum atomic E-state index is 11.4. The van der Waals surface area contributed by atoms with Crippen molar-refractivity contribution < 1.29 is 28.4 Å². The van der Waals surface area contributed by atoms with Gasteiger partial charge in [0.1, 0.15) is 5.75 Å². The van der Waals surface area contributed by atoms with Gasteiger partial charge in [0.25, 0.3) is 5.69 Å². The highest BCUT2D eigenvalue weighted by Crippen LogP contribution is 2.53. The van der Waals surface area contributed by atoms with E-state index in [0.29, 0.717) is 0 Å². The van der Waals surface area contributed by atoms with E-state index in [9.17, 15) is 19.5 Å². The third-order valence-corrected chi connectivity index (χ3v) is 2.97. The van der Waals surface area contributed by atoms with Gasteiger partial charge in [-0.2, -0.15) is 0 Å². The molecule has 0 spiro atoms. The number of hydrogen-bond acceptors (Lipinski definition) is 6. The van der Waals surface area contributed by atoms with Crippen molar-refractivity contribution in [3.63, 3.8) is 0 Å². The van der Waals surface area contributed by atoms with Gasteiger partial charge in [0.2, 0.25) is 0 Å². The van der Waals surface area contributed by atoms with Gasteiger partial charge in [-0.3, -0.25) is 14.6 Å². The summed E-state index contributed by atoms with van der Waals surface area (Å²) in [6, 6.07) is 4.56. The minimum atomic E-state index is -4.09. The number of nitro benzene ring substituents is 1. The van der Waals surface area contributed by atoms with Crippen LogP contribution in [0, 0.1) is 10.1 Å². The van der Waals surface area contributed by atoms with Crippen molar-refractivity contribution in [3.05, 3.63) is 34.4 Å². The summed E-state index contributed by atoms with van der Waals surface area (Å²) in [6.07, 6.45) is 0. The van der Waals surface area contributed by atoms with Gasteiger partial charge in [-0.05, 0) is 12.1 Å². The van der Waals surface area contributed by atoms with Crippen LogP contribution in [0.4, 0.5) is 5.69 Å². The average Bonchev–Trinajstić information content (AvgIpc) is 2.27. The van der Waals surface area contributed by atoms with Crippen LogP contribution in [0.25, 0.3) is 0 Å². The van der Waals surface area contributed by atoms with Crippen molar-refractivity contribution in [3.8, 4) is 5.75 Å². The van der Waals surface area contributed by atoms with Crippen molar-refractivity contribution in [1.82, 2.24) is 0 Å². The molecule has 18 heavy (non-hydrogen) atoms. The predicted molar refractivity (Wildman–Crippen MR) is 60.8 cm³/mol. The van der Waals surface area contributed by atoms with Crippen LogP contribution in [0.3, 0.4) is 0 Å². The zero-order chi connectivity index (χ0) is 13.8. The van der Waals surface area contributed by atoms with Crippen LogP contribution in [-0.2, 0) is 13.9 Å². The lowest BCUT2D eigenvalue weighted by Crippen LogP contribution is -2.05. The molecule has 0 heterocycles. The number of nitro groups is 1. The summed E-state index contributed by atoms with van der Waals surface area (Å²) in [5, 5.41) is 18.7.